The molecule has 0 bridgehead atoms. The molecule has 3 heterocycles. The number of aromatic nitrogens is 1. The van der Waals surface area contributed by atoms with E-state index < -0.39 is 30.0 Å². The molecule has 0 amide bonds. The van der Waals surface area contributed by atoms with Crippen molar-refractivity contribution in [2.75, 3.05) is 0 Å². The summed E-state index contributed by atoms with van der Waals surface area (Å²) in [5.74, 6) is -3.42. The first-order chi connectivity index (χ1) is 11.7. The van der Waals surface area contributed by atoms with Crippen LogP contribution in [0, 0.1) is 17.5 Å². The second-order valence-corrected chi connectivity index (χ2v) is 7.16. The maximum absolute atomic E-state index is 15.0. The zero-order valence-electron chi connectivity index (χ0n) is 12.1. The van der Waals surface area contributed by atoms with Crippen molar-refractivity contribution >= 4 is 49.0 Å². The Morgan fingerprint density at radius 1 is 0.960 bits per heavy atom. The van der Waals surface area contributed by atoms with Crippen molar-refractivity contribution in [3.05, 3.63) is 75.4 Å². The van der Waals surface area contributed by atoms with Gasteiger partial charge in [-0.15, -0.1) is 0 Å². The first kappa shape index (κ1) is 16.8. The van der Waals surface area contributed by atoms with Crippen LogP contribution in [0.5, 0.6) is 0 Å². The van der Waals surface area contributed by atoms with Gasteiger partial charge in [0.15, 0.2) is 5.70 Å². The third kappa shape index (κ3) is 2.23. The van der Waals surface area contributed by atoms with E-state index in [4.69, 9.17) is 0 Å². The second-order valence-electron chi connectivity index (χ2n) is 5.53. The Labute approximate surface area is 155 Å². The number of benzene rings is 1. The number of hydrogen-bond donors (Lipinski definition) is 0. The molecule has 0 radical (unpaired) electrons. The van der Waals surface area contributed by atoms with Crippen LogP contribution in [0.1, 0.15) is 11.3 Å². The average Bonchev–Trinajstić information content (AvgIpc) is 3.06. The van der Waals surface area contributed by atoms with Crippen molar-refractivity contribution in [2.24, 2.45) is 0 Å². The van der Waals surface area contributed by atoms with Gasteiger partial charge in [-0.2, -0.15) is 0 Å². The highest BCUT2D eigenvalue weighted by molar-refractivity contribution is 9.18. The SMILES string of the molecule is Fc1cc(F)c(C2=C3C=CC(Br)=[N+]3[B-](F)(F)n3c(Br)ccc32)c(F)c1. The number of hydrogen-bond acceptors (Lipinski definition) is 0. The molecule has 0 atom stereocenters. The minimum Gasteiger partial charge on any atom is -0.389 e. The molecular formula is C15H6BBr2F5N2. The average molecular weight is 480 g/mol. The molecule has 10 heteroatoms. The lowest BCUT2D eigenvalue weighted by molar-refractivity contribution is -0.358. The zero-order valence-corrected chi connectivity index (χ0v) is 15.3. The molecule has 0 spiro atoms. The van der Waals surface area contributed by atoms with Crippen molar-refractivity contribution in [3.63, 3.8) is 0 Å². The highest BCUT2D eigenvalue weighted by atomic mass is 79.9. The quantitative estimate of drug-likeness (QED) is 0.400. The lowest BCUT2D eigenvalue weighted by Gasteiger charge is -2.32. The molecule has 0 unspecified atom stereocenters. The number of halogens is 7. The maximum atomic E-state index is 15.0. The Balaban J connectivity index is 2.16. The first-order valence-corrected chi connectivity index (χ1v) is 8.60. The summed E-state index contributed by atoms with van der Waals surface area (Å²) in [6, 6.07) is 3.74. The standard InChI is InChI=1S/C15H6BBr2F5N2/c17-12-3-1-10-15(14-8(20)5-7(19)6-9(14)21)11-2-4-13(18)25(11)16(22,23)24(10)12/h1-6H. The predicted octanol–water partition coefficient (Wildman–Crippen LogP) is 5.04. The Kier molecular flexibility index (Phi) is 3.63. The number of fused-ring (bicyclic) bond motifs is 2. The van der Waals surface area contributed by atoms with E-state index >= 15 is 8.63 Å². The monoisotopic (exact) mass is 478 g/mol. The third-order valence-electron chi connectivity index (χ3n) is 4.13. The third-order valence-corrected chi connectivity index (χ3v) is 5.42. The molecule has 0 aliphatic carbocycles. The summed E-state index contributed by atoms with van der Waals surface area (Å²) < 4.78 is 73.5. The van der Waals surface area contributed by atoms with E-state index in [0.29, 0.717) is 21.1 Å². The largest absolute Gasteiger partial charge is 0.738 e. The first-order valence-electron chi connectivity index (χ1n) is 7.02. The topological polar surface area (TPSA) is 7.94 Å². The lowest BCUT2D eigenvalue weighted by Crippen LogP contribution is -2.50. The predicted molar refractivity (Wildman–Crippen MR) is 91.2 cm³/mol. The van der Waals surface area contributed by atoms with Gasteiger partial charge in [-0.05, 0) is 28.1 Å². The summed E-state index contributed by atoms with van der Waals surface area (Å²) in [7, 11) is 0. The van der Waals surface area contributed by atoms with Crippen molar-refractivity contribution in [2.45, 2.75) is 0 Å². The second kappa shape index (κ2) is 5.41. The summed E-state index contributed by atoms with van der Waals surface area (Å²) >= 11 is 6.10. The fraction of sp³-hybridized carbons (Fsp3) is 0. The van der Waals surface area contributed by atoms with Gasteiger partial charge in [-0.1, -0.05) is 0 Å². The van der Waals surface area contributed by atoms with Crippen LogP contribution in [-0.4, -0.2) is 20.6 Å². The molecule has 128 valence electrons. The van der Waals surface area contributed by atoms with Gasteiger partial charge in [-0.25, -0.2) is 13.2 Å². The molecule has 2 aliphatic rings. The van der Waals surface area contributed by atoms with Gasteiger partial charge in [0, 0.05) is 45.9 Å². The number of nitrogens with zero attached hydrogens (tertiary/aromatic N) is 2. The van der Waals surface area contributed by atoms with Crippen LogP contribution in [0.2, 0.25) is 0 Å². The van der Waals surface area contributed by atoms with E-state index in [-0.39, 0.29) is 26.2 Å². The van der Waals surface area contributed by atoms with Crippen LogP contribution in [-0.2, 0) is 0 Å². The van der Waals surface area contributed by atoms with Crippen LogP contribution >= 0.6 is 31.9 Å². The smallest absolute Gasteiger partial charge is 0.389 e. The van der Waals surface area contributed by atoms with Gasteiger partial charge in [-0.3, -0.25) is 0 Å². The maximum Gasteiger partial charge on any atom is 0.738 e. The van der Waals surface area contributed by atoms with E-state index in [1.165, 1.54) is 24.3 Å². The van der Waals surface area contributed by atoms with Gasteiger partial charge in [0.1, 0.15) is 17.5 Å². The molecule has 1 aromatic carbocycles. The Morgan fingerprint density at radius 2 is 1.60 bits per heavy atom. The summed E-state index contributed by atoms with van der Waals surface area (Å²) in [5, 5.41) is 0. The van der Waals surface area contributed by atoms with Gasteiger partial charge in [0.2, 0.25) is 4.62 Å². The Bertz CT molecular complexity index is 1020. The van der Waals surface area contributed by atoms with E-state index in [9.17, 15) is 13.2 Å². The lowest BCUT2D eigenvalue weighted by atomic mass is 9.86. The Hall–Kier alpha value is -1.68. The fourth-order valence-electron chi connectivity index (χ4n) is 3.17. The summed E-state index contributed by atoms with van der Waals surface area (Å²) in [4.78, 5) is 0. The number of rotatable bonds is 1. The molecule has 0 saturated heterocycles. The van der Waals surface area contributed by atoms with Crippen molar-refractivity contribution in [1.82, 2.24) is 4.48 Å². The fourth-order valence-corrected chi connectivity index (χ4v) is 4.31. The van der Waals surface area contributed by atoms with E-state index in [2.05, 4.69) is 31.9 Å². The molecule has 25 heavy (non-hydrogen) atoms. The van der Waals surface area contributed by atoms with E-state index in [0.717, 1.165) is 0 Å². The molecule has 4 rings (SSSR count). The Morgan fingerprint density at radius 3 is 2.24 bits per heavy atom. The van der Waals surface area contributed by atoms with Gasteiger partial charge in [0.05, 0.1) is 15.7 Å². The molecule has 2 nitrogen and oxygen atoms in total. The van der Waals surface area contributed by atoms with Crippen LogP contribution < -0.4 is 0 Å². The van der Waals surface area contributed by atoms with E-state index in [1.807, 2.05) is 0 Å². The highest BCUT2D eigenvalue weighted by Crippen LogP contribution is 2.43. The summed E-state index contributed by atoms with van der Waals surface area (Å²) in [6.07, 6.45) is 2.70. The molecule has 0 saturated carbocycles. The minimum atomic E-state index is -4.29. The van der Waals surface area contributed by atoms with Crippen LogP contribution in [0.25, 0.3) is 5.57 Å². The van der Waals surface area contributed by atoms with Crippen molar-refractivity contribution < 1.29 is 26.3 Å². The van der Waals surface area contributed by atoms with Gasteiger partial charge < -0.3 is 17.6 Å². The van der Waals surface area contributed by atoms with Crippen LogP contribution in [0.15, 0.2) is 46.7 Å². The van der Waals surface area contributed by atoms with Crippen LogP contribution in [0.4, 0.5) is 21.8 Å². The van der Waals surface area contributed by atoms with Crippen molar-refractivity contribution in [3.8, 4) is 0 Å². The highest BCUT2D eigenvalue weighted by Gasteiger charge is 2.54. The number of allylic oxidation sites excluding steroid dienone is 2. The normalized spacial score (nSPS) is 18.0. The molecule has 2 aliphatic heterocycles. The molecule has 1 aromatic heterocycles. The summed E-state index contributed by atoms with van der Waals surface area (Å²) in [5.41, 5.74) is -0.788. The minimum absolute atomic E-state index is 0.0548. The van der Waals surface area contributed by atoms with E-state index in [1.54, 1.807) is 0 Å². The molecular weight excluding hydrogens is 474 g/mol. The molecule has 2 aromatic rings. The summed E-state index contributed by atoms with van der Waals surface area (Å²) in [6.45, 7) is -4.29. The van der Waals surface area contributed by atoms with Crippen molar-refractivity contribution in [1.29, 1.82) is 0 Å². The molecule has 0 fully saturated rings. The van der Waals surface area contributed by atoms with Gasteiger partial charge in [0.25, 0.3) is 0 Å². The van der Waals surface area contributed by atoms with Gasteiger partial charge >= 0.3 is 6.97 Å². The molecule has 0 N–H and O–H groups in total. The zero-order chi connectivity index (χ0) is 18.1. The van der Waals surface area contributed by atoms with Crippen LogP contribution in [0.3, 0.4) is 0 Å².